The van der Waals surface area contributed by atoms with E-state index in [1.807, 2.05) is 0 Å². The lowest BCUT2D eigenvalue weighted by atomic mass is 9.83. The maximum atomic E-state index is 5.79. The van der Waals surface area contributed by atoms with E-state index in [1.165, 1.54) is 6.42 Å². The van der Waals surface area contributed by atoms with E-state index in [4.69, 9.17) is 14.2 Å². The van der Waals surface area contributed by atoms with E-state index in [-0.39, 0.29) is 5.60 Å². The maximum absolute atomic E-state index is 5.79. The van der Waals surface area contributed by atoms with E-state index in [9.17, 15) is 0 Å². The molecule has 0 aromatic carbocycles. The van der Waals surface area contributed by atoms with Gasteiger partial charge in [-0.25, -0.2) is 0 Å². The van der Waals surface area contributed by atoms with Crippen LogP contribution < -0.4 is 0 Å². The minimum absolute atomic E-state index is 0.115. The smallest absolute Gasteiger partial charge is 0.0935 e. The van der Waals surface area contributed by atoms with Crippen molar-refractivity contribution in [2.24, 2.45) is 5.92 Å². The van der Waals surface area contributed by atoms with E-state index in [0.29, 0.717) is 18.6 Å². The Kier molecular flexibility index (Phi) is 6.45. The first-order valence-corrected chi connectivity index (χ1v) is 6.77. The zero-order valence-corrected chi connectivity index (χ0v) is 11.8. The maximum Gasteiger partial charge on any atom is 0.0935 e. The highest BCUT2D eigenvalue weighted by Crippen LogP contribution is 2.33. The molecular formula is C14H28O3. The van der Waals surface area contributed by atoms with Crippen LogP contribution in [0.2, 0.25) is 0 Å². The first-order valence-electron chi connectivity index (χ1n) is 6.77. The first kappa shape index (κ1) is 14.9. The minimum Gasteiger partial charge on any atom is -0.381 e. The van der Waals surface area contributed by atoms with E-state index in [1.54, 1.807) is 14.2 Å². The molecule has 0 spiro atoms. The van der Waals surface area contributed by atoms with Crippen LogP contribution in [0.3, 0.4) is 0 Å². The second-order valence-corrected chi connectivity index (χ2v) is 5.58. The minimum atomic E-state index is -0.115. The molecule has 3 heteroatoms. The lowest BCUT2D eigenvalue weighted by molar-refractivity contribution is -0.125. The molecule has 3 nitrogen and oxygen atoms in total. The molecule has 1 saturated carbocycles. The molecule has 2 atom stereocenters. The van der Waals surface area contributed by atoms with Gasteiger partial charge < -0.3 is 14.2 Å². The molecule has 0 saturated heterocycles. The highest BCUT2D eigenvalue weighted by molar-refractivity contribution is 4.88. The van der Waals surface area contributed by atoms with Gasteiger partial charge in [0.2, 0.25) is 0 Å². The van der Waals surface area contributed by atoms with Crippen LogP contribution in [0.1, 0.15) is 46.0 Å². The van der Waals surface area contributed by atoms with Crippen LogP contribution in [0.5, 0.6) is 0 Å². The molecule has 0 bridgehead atoms. The van der Waals surface area contributed by atoms with Crippen molar-refractivity contribution >= 4 is 0 Å². The van der Waals surface area contributed by atoms with Gasteiger partial charge >= 0.3 is 0 Å². The zero-order chi connectivity index (χ0) is 12.7. The Morgan fingerprint density at radius 3 is 2.65 bits per heavy atom. The zero-order valence-electron chi connectivity index (χ0n) is 11.8. The van der Waals surface area contributed by atoms with Gasteiger partial charge in [0.15, 0.2) is 0 Å². The molecule has 1 aliphatic carbocycles. The fraction of sp³-hybridized carbons (Fsp3) is 1.00. The average molecular weight is 244 g/mol. The highest BCUT2D eigenvalue weighted by atomic mass is 16.5. The third kappa shape index (κ3) is 4.94. The summed E-state index contributed by atoms with van der Waals surface area (Å²) in [5, 5.41) is 0. The Bertz CT molecular complexity index is 206. The molecule has 0 aliphatic heterocycles. The molecular weight excluding hydrogens is 216 g/mol. The van der Waals surface area contributed by atoms with Gasteiger partial charge in [-0.3, -0.25) is 0 Å². The van der Waals surface area contributed by atoms with Crippen molar-refractivity contribution in [2.75, 3.05) is 27.4 Å². The average Bonchev–Trinajstić information content (AvgIpc) is 2.35. The van der Waals surface area contributed by atoms with Gasteiger partial charge in [0, 0.05) is 27.2 Å². The third-order valence-electron chi connectivity index (χ3n) is 3.73. The van der Waals surface area contributed by atoms with Crippen LogP contribution >= 0.6 is 0 Å². The van der Waals surface area contributed by atoms with Crippen LogP contribution in [0.4, 0.5) is 0 Å². The Morgan fingerprint density at radius 2 is 2.06 bits per heavy atom. The molecule has 0 amide bonds. The fourth-order valence-electron chi connectivity index (χ4n) is 2.42. The summed E-state index contributed by atoms with van der Waals surface area (Å²) in [5.41, 5.74) is -0.115. The van der Waals surface area contributed by atoms with Crippen LogP contribution in [-0.2, 0) is 14.2 Å². The summed E-state index contributed by atoms with van der Waals surface area (Å²) in [6.45, 7) is 5.98. The second-order valence-electron chi connectivity index (χ2n) is 5.58. The number of ether oxygens (including phenoxy) is 3. The molecule has 1 rings (SSSR count). The normalized spacial score (nSPS) is 29.8. The Morgan fingerprint density at radius 1 is 1.29 bits per heavy atom. The summed E-state index contributed by atoms with van der Waals surface area (Å²) in [5.74, 6) is 0.701. The largest absolute Gasteiger partial charge is 0.381 e. The highest BCUT2D eigenvalue weighted by Gasteiger charge is 2.36. The molecule has 102 valence electrons. The van der Waals surface area contributed by atoms with Gasteiger partial charge in [0.05, 0.1) is 18.3 Å². The molecule has 0 radical (unpaired) electrons. The monoisotopic (exact) mass is 244 g/mol. The Hall–Kier alpha value is -0.120. The summed E-state index contributed by atoms with van der Waals surface area (Å²) < 4.78 is 17.0. The molecule has 0 heterocycles. The van der Waals surface area contributed by atoms with Gasteiger partial charge in [-0.05, 0) is 31.6 Å². The first-order chi connectivity index (χ1) is 8.12. The fourth-order valence-corrected chi connectivity index (χ4v) is 2.42. The van der Waals surface area contributed by atoms with E-state index in [2.05, 4.69) is 13.8 Å². The van der Waals surface area contributed by atoms with Gasteiger partial charge in [-0.1, -0.05) is 13.8 Å². The lowest BCUT2D eigenvalue weighted by Gasteiger charge is -2.39. The number of hydrogen-bond donors (Lipinski definition) is 0. The predicted molar refractivity (Wildman–Crippen MR) is 69.3 cm³/mol. The Labute approximate surface area is 106 Å². The summed E-state index contributed by atoms with van der Waals surface area (Å²) in [7, 11) is 3.58. The quantitative estimate of drug-likeness (QED) is 0.644. The van der Waals surface area contributed by atoms with Crippen molar-refractivity contribution in [3.05, 3.63) is 0 Å². The lowest BCUT2D eigenvalue weighted by Crippen LogP contribution is -2.44. The third-order valence-corrected chi connectivity index (χ3v) is 3.73. The topological polar surface area (TPSA) is 27.7 Å². The number of hydrogen-bond acceptors (Lipinski definition) is 3. The number of methoxy groups -OCH3 is 2. The molecule has 1 fully saturated rings. The molecule has 2 unspecified atom stereocenters. The van der Waals surface area contributed by atoms with Crippen molar-refractivity contribution < 1.29 is 14.2 Å². The van der Waals surface area contributed by atoms with Crippen LogP contribution in [0.15, 0.2) is 0 Å². The standard InChI is InChI=1S/C14H28O3/c1-12(2)7-9-17-11-14(16-4)8-5-6-13(10-14)15-3/h12-13H,5-11H2,1-4H3. The van der Waals surface area contributed by atoms with Gasteiger partial charge in [0.25, 0.3) is 0 Å². The molecule has 0 aromatic heterocycles. The molecule has 0 N–H and O–H groups in total. The van der Waals surface area contributed by atoms with E-state index < -0.39 is 0 Å². The Balaban J connectivity index is 2.34. The van der Waals surface area contributed by atoms with Crippen molar-refractivity contribution in [2.45, 2.75) is 57.7 Å². The second kappa shape index (κ2) is 7.34. The van der Waals surface area contributed by atoms with Gasteiger partial charge in [-0.2, -0.15) is 0 Å². The van der Waals surface area contributed by atoms with Crippen LogP contribution in [0.25, 0.3) is 0 Å². The van der Waals surface area contributed by atoms with Crippen molar-refractivity contribution in [3.8, 4) is 0 Å². The van der Waals surface area contributed by atoms with Crippen molar-refractivity contribution in [1.29, 1.82) is 0 Å². The van der Waals surface area contributed by atoms with E-state index in [0.717, 1.165) is 32.3 Å². The molecule has 1 aliphatic rings. The van der Waals surface area contributed by atoms with Gasteiger partial charge in [0.1, 0.15) is 0 Å². The van der Waals surface area contributed by atoms with Crippen molar-refractivity contribution in [3.63, 3.8) is 0 Å². The van der Waals surface area contributed by atoms with Crippen molar-refractivity contribution in [1.82, 2.24) is 0 Å². The molecule has 0 aromatic rings. The summed E-state index contributed by atoms with van der Waals surface area (Å²) in [4.78, 5) is 0. The summed E-state index contributed by atoms with van der Waals surface area (Å²) >= 11 is 0. The predicted octanol–water partition coefficient (Wildman–Crippen LogP) is 3.02. The van der Waals surface area contributed by atoms with Crippen LogP contribution in [-0.4, -0.2) is 39.1 Å². The van der Waals surface area contributed by atoms with Gasteiger partial charge in [-0.15, -0.1) is 0 Å². The van der Waals surface area contributed by atoms with E-state index >= 15 is 0 Å². The van der Waals surface area contributed by atoms with Crippen LogP contribution in [0, 0.1) is 5.92 Å². The summed E-state index contributed by atoms with van der Waals surface area (Å²) in [6.07, 6.45) is 5.81. The number of rotatable bonds is 7. The molecule has 17 heavy (non-hydrogen) atoms. The SMILES string of the molecule is COC1CCCC(COCCC(C)C)(OC)C1. The summed E-state index contributed by atoms with van der Waals surface area (Å²) in [6, 6.07) is 0.